The van der Waals surface area contributed by atoms with Gasteiger partial charge in [0.15, 0.2) is 0 Å². The zero-order chi connectivity index (χ0) is 22.1. The minimum absolute atomic E-state index is 0.593. The minimum Gasteiger partial charge on any atom is -0.489 e. The molecule has 1 unspecified atom stereocenters. The van der Waals surface area contributed by atoms with E-state index in [2.05, 4.69) is 86.8 Å². The van der Waals surface area contributed by atoms with E-state index in [9.17, 15) is 0 Å². The van der Waals surface area contributed by atoms with E-state index < -0.39 is 0 Å². The van der Waals surface area contributed by atoms with Crippen LogP contribution in [-0.2, 0) is 19.4 Å². The molecule has 0 spiro atoms. The van der Waals surface area contributed by atoms with Crippen LogP contribution in [0.3, 0.4) is 0 Å². The van der Waals surface area contributed by atoms with Gasteiger partial charge in [0.25, 0.3) is 0 Å². The largest absolute Gasteiger partial charge is 0.489 e. The van der Waals surface area contributed by atoms with Crippen molar-refractivity contribution in [2.24, 2.45) is 11.7 Å². The molecular formula is C28H35NOS. The van der Waals surface area contributed by atoms with Crippen molar-refractivity contribution in [1.82, 2.24) is 0 Å². The third kappa shape index (κ3) is 6.62. The summed E-state index contributed by atoms with van der Waals surface area (Å²) < 4.78 is 6.06. The molecule has 0 saturated carbocycles. The van der Waals surface area contributed by atoms with E-state index in [4.69, 9.17) is 10.5 Å². The first-order valence-corrected chi connectivity index (χ1v) is 12.6. The van der Waals surface area contributed by atoms with Gasteiger partial charge >= 0.3 is 0 Å². The van der Waals surface area contributed by atoms with Gasteiger partial charge in [0, 0.05) is 4.90 Å². The molecule has 2 N–H and O–H groups in total. The fraction of sp³-hybridized carbons (Fsp3) is 0.357. The van der Waals surface area contributed by atoms with Gasteiger partial charge in [0.1, 0.15) is 12.4 Å². The first kappa shape index (κ1) is 23.4. The average Bonchev–Trinajstić information content (AvgIpc) is 2.83. The molecule has 1 aliphatic rings. The maximum absolute atomic E-state index is 6.06. The van der Waals surface area contributed by atoms with Crippen LogP contribution < -0.4 is 10.5 Å². The molecule has 2 nitrogen and oxygen atoms in total. The van der Waals surface area contributed by atoms with Crippen LogP contribution in [0.5, 0.6) is 5.75 Å². The minimum atomic E-state index is 0.593. The number of nitrogens with two attached hydrogens (primary N) is 1. The molecule has 4 rings (SSSR count). The van der Waals surface area contributed by atoms with E-state index in [1.807, 2.05) is 0 Å². The Bertz CT molecular complexity index is 934. The first-order chi connectivity index (χ1) is 15.2. The van der Waals surface area contributed by atoms with Crippen molar-refractivity contribution >= 4 is 11.8 Å². The Morgan fingerprint density at radius 2 is 1.55 bits per heavy atom. The molecule has 0 heterocycles. The van der Waals surface area contributed by atoms with E-state index in [1.54, 1.807) is 11.8 Å². The second-order valence-corrected chi connectivity index (χ2v) is 9.08. The summed E-state index contributed by atoms with van der Waals surface area (Å²) in [4.78, 5) is 1.29. The predicted molar refractivity (Wildman–Crippen MR) is 135 cm³/mol. The standard InChI is InChI=1S/C25H27NOS.C3H8/c1-28-25-12-9-21(10-13-25)20-5-2-18(3-6-20)17-27-24-11-8-22-14-19(16-26)4-7-23(22)15-24;1-3-2/h2-3,5-6,8-13,15,19H,4,7,14,16-17,26H2,1H3;3H2,1-2H3. The van der Waals surface area contributed by atoms with Crippen molar-refractivity contribution in [1.29, 1.82) is 0 Å². The van der Waals surface area contributed by atoms with Crippen LogP contribution in [0.25, 0.3) is 11.1 Å². The summed E-state index contributed by atoms with van der Waals surface area (Å²) in [6, 6.07) is 23.9. The van der Waals surface area contributed by atoms with E-state index in [1.165, 1.54) is 45.6 Å². The highest BCUT2D eigenvalue weighted by atomic mass is 32.2. The van der Waals surface area contributed by atoms with Crippen LogP contribution in [0.15, 0.2) is 71.6 Å². The Labute approximate surface area is 192 Å². The van der Waals surface area contributed by atoms with Crippen LogP contribution in [0.4, 0.5) is 0 Å². The first-order valence-electron chi connectivity index (χ1n) is 11.3. The molecular weight excluding hydrogens is 398 g/mol. The topological polar surface area (TPSA) is 35.2 Å². The Kier molecular flexibility index (Phi) is 9.05. The smallest absolute Gasteiger partial charge is 0.120 e. The van der Waals surface area contributed by atoms with E-state index in [0.29, 0.717) is 12.5 Å². The third-order valence-electron chi connectivity index (χ3n) is 5.62. The lowest BCUT2D eigenvalue weighted by atomic mass is 9.84. The van der Waals surface area contributed by atoms with Crippen molar-refractivity contribution in [2.45, 2.75) is 51.0 Å². The van der Waals surface area contributed by atoms with Crippen molar-refractivity contribution in [3.05, 3.63) is 83.4 Å². The van der Waals surface area contributed by atoms with Crippen molar-refractivity contribution in [2.75, 3.05) is 12.8 Å². The van der Waals surface area contributed by atoms with Gasteiger partial charge in [0.05, 0.1) is 0 Å². The quantitative estimate of drug-likeness (QED) is 0.420. The summed E-state index contributed by atoms with van der Waals surface area (Å²) in [5, 5.41) is 0. The SMILES string of the molecule is CCC.CSc1ccc(-c2ccc(COc3ccc4c(c3)CCC(CN)C4)cc2)cc1. The summed E-state index contributed by atoms with van der Waals surface area (Å²) >= 11 is 1.77. The molecule has 3 aromatic rings. The summed E-state index contributed by atoms with van der Waals surface area (Å²) in [6.45, 7) is 5.63. The molecule has 1 atom stereocenters. The van der Waals surface area contributed by atoms with E-state index in [-0.39, 0.29) is 0 Å². The highest BCUT2D eigenvalue weighted by molar-refractivity contribution is 7.98. The van der Waals surface area contributed by atoms with Crippen molar-refractivity contribution in [3.8, 4) is 16.9 Å². The number of hydrogen-bond donors (Lipinski definition) is 1. The van der Waals surface area contributed by atoms with Crippen LogP contribution in [0, 0.1) is 5.92 Å². The van der Waals surface area contributed by atoms with Gasteiger partial charge in [-0.3, -0.25) is 0 Å². The molecule has 164 valence electrons. The van der Waals surface area contributed by atoms with Gasteiger partial charge < -0.3 is 10.5 Å². The fourth-order valence-corrected chi connectivity index (χ4v) is 4.25. The Morgan fingerprint density at radius 3 is 2.16 bits per heavy atom. The monoisotopic (exact) mass is 433 g/mol. The van der Waals surface area contributed by atoms with Crippen LogP contribution in [-0.4, -0.2) is 12.8 Å². The fourth-order valence-electron chi connectivity index (χ4n) is 3.84. The van der Waals surface area contributed by atoms with Crippen LogP contribution in [0.1, 0.15) is 43.4 Å². The maximum atomic E-state index is 6.06. The lowest BCUT2D eigenvalue weighted by Gasteiger charge is -2.23. The van der Waals surface area contributed by atoms with Crippen molar-refractivity contribution in [3.63, 3.8) is 0 Å². The highest BCUT2D eigenvalue weighted by Gasteiger charge is 2.17. The lowest BCUT2D eigenvalue weighted by molar-refractivity contribution is 0.305. The van der Waals surface area contributed by atoms with Gasteiger partial charge in [-0.25, -0.2) is 0 Å². The number of benzene rings is 3. The summed E-state index contributed by atoms with van der Waals surface area (Å²) in [5.74, 6) is 1.59. The second-order valence-electron chi connectivity index (χ2n) is 8.20. The summed E-state index contributed by atoms with van der Waals surface area (Å²) in [5.41, 5.74) is 12.4. The zero-order valence-corrected chi connectivity index (χ0v) is 19.9. The van der Waals surface area contributed by atoms with E-state index in [0.717, 1.165) is 25.1 Å². The Hall–Kier alpha value is -2.23. The summed E-state index contributed by atoms with van der Waals surface area (Å²) in [7, 11) is 0. The number of fused-ring (bicyclic) bond motifs is 1. The van der Waals surface area contributed by atoms with Crippen molar-refractivity contribution < 1.29 is 4.74 Å². The molecule has 0 fully saturated rings. The normalized spacial score (nSPS) is 14.9. The highest BCUT2D eigenvalue weighted by Crippen LogP contribution is 2.29. The van der Waals surface area contributed by atoms with Crippen LogP contribution in [0.2, 0.25) is 0 Å². The lowest BCUT2D eigenvalue weighted by Crippen LogP contribution is -2.22. The van der Waals surface area contributed by atoms with Crippen LogP contribution >= 0.6 is 11.8 Å². The molecule has 0 bridgehead atoms. The van der Waals surface area contributed by atoms with E-state index >= 15 is 0 Å². The van der Waals surface area contributed by atoms with Gasteiger partial charge in [-0.2, -0.15) is 0 Å². The molecule has 0 aromatic heterocycles. The summed E-state index contributed by atoms with van der Waals surface area (Å²) in [6.07, 6.45) is 6.75. The number of ether oxygens (including phenoxy) is 1. The molecule has 0 amide bonds. The molecule has 0 saturated heterocycles. The Balaban J connectivity index is 0.000000858. The molecule has 1 aliphatic carbocycles. The number of rotatable bonds is 6. The van der Waals surface area contributed by atoms with Gasteiger partial charge in [-0.05, 0) is 90.1 Å². The molecule has 3 aromatic carbocycles. The Morgan fingerprint density at radius 1 is 0.903 bits per heavy atom. The molecule has 0 radical (unpaired) electrons. The maximum Gasteiger partial charge on any atom is 0.120 e. The zero-order valence-electron chi connectivity index (χ0n) is 19.1. The number of thioether (sulfide) groups is 1. The number of aryl methyl sites for hydroxylation is 1. The predicted octanol–water partition coefficient (Wildman–Crippen LogP) is 7.13. The second kappa shape index (κ2) is 12.0. The molecule has 31 heavy (non-hydrogen) atoms. The average molecular weight is 434 g/mol. The molecule has 0 aliphatic heterocycles. The van der Waals surface area contributed by atoms with Gasteiger partial charge in [0.2, 0.25) is 0 Å². The number of hydrogen-bond acceptors (Lipinski definition) is 3. The van der Waals surface area contributed by atoms with Gasteiger partial charge in [-0.15, -0.1) is 11.8 Å². The van der Waals surface area contributed by atoms with Gasteiger partial charge in [-0.1, -0.05) is 62.7 Å². The molecule has 3 heteroatoms. The third-order valence-corrected chi connectivity index (χ3v) is 6.37.